The van der Waals surface area contributed by atoms with Crippen LogP contribution in [0.1, 0.15) is 37.3 Å². The molecule has 22 heavy (non-hydrogen) atoms. The number of pyridine rings is 1. The van der Waals surface area contributed by atoms with E-state index in [-0.39, 0.29) is 0 Å². The van der Waals surface area contributed by atoms with Gasteiger partial charge in [0, 0.05) is 23.3 Å². The van der Waals surface area contributed by atoms with Gasteiger partial charge in [0.15, 0.2) is 0 Å². The summed E-state index contributed by atoms with van der Waals surface area (Å²) in [7, 11) is 0. The molecule has 1 aromatic carbocycles. The van der Waals surface area contributed by atoms with Crippen LogP contribution in [-0.4, -0.2) is 28.7 Å². The van der Waals surface area contributed by atoms with E-state index in [9.17, 15) is 0 Å². The first-order chi connectivity index (χ1) is 10.9. The van der Waals surface area contributed by atoms with E-state index in [2.05, 4.69) is 52.3 Å². The lowest BCUT2D eigenvalue weighted by Gasteiger charge is -2.35. The molecule has 3 rings (SSSR count). The quantitative estimate of drug-likeness (QED) is 0.563. The molecule has 0 spiro atoms. The number of hydrogen-bond donors (Lipinski definition) is 0. The zero-order chi connectivity index (χ0) is 15.0. The summed E-state index contributed by atoms with van der Waals surface area (Å²) < 4.78 is 0. The third-order valence-electron chi connectivity index (χ3n) is 4.28. The lowest BCUT2D eigenvalue weighted by molar-refractivity contribution is 0.149. The highest BCUT2D eigenvalue weighted by atomic mass is 32.2. The molecule has 0 radical (unpaired) electrons. The van der Waals surface area contributed by atoms with Gasteiger partial charge in [0.1, 0.15) is 0 Å². The van der Waals surface area contributed by atoms with Crippen LogP contribution in [0.4, 0.5) is 0 Å². The van der Waals surface area contributed by atoms with Crippen LogP contribution in [0.2, 0.25) is 0 Å². The second kappa shape index (κ2) is 8.35. The highest BCUT2D eigenvalue weighted by Crippen LogP contribution is 2.30. The number of thioether (sulfide) groups is 1. The molecule has 116 valence electrons. The van der Waals surface area contributed by atoms with Gasteiger partial charge in [-0.3, -0.25) is 9.88 Å². The largest absolute Gasteiger partial charge is 0.296 e. The predicted octanol–water partition coefficient (Wildman–Crippen LogP) is 4.79. The maximum Gasteiger partial charge on any atom is 0.0363 e. The number of piperidine rings is 1. The Hall–Kier alpha value is -1.32. The molecule has 0 amide bonds. The van der Waals surface area contributed by atoms with Gasteiger partial charge in [-0.15, -0.1) is 11.8 Å². The second-order valence-corrected chi connectivity index (χ2v) is 7.02. The third-order valence-corrected chi connectivity index (χ3v) is 5.38. The molecule has 1 atom stereocenters. The fraction of sp³-hybridized carbons (Fsp3) is 0.421. The van der Waals surface area contributed by atoms with E-state index in [4.69, 9.17) is 0 Å². The zero-order valence-electron chi connectivity index (χ0n) is 13.0. The second-order valence-electron chi connectivity index (χ2n) is 5.85. The van der Waals surface area contributed by atoms with E-state index in [1.807, 2.05) is 24.2 Å². The van der Waals surface area contributed by atoms with E-state index < -0.39 is 0 Å². The molecule has 3 heteroatoms. The molecule has 1 fully saturated rings. The summed E-state index contributed by atoms with van der Waals surface area (Å²) in [6.45, 7) is 2.43. The normalized spacial score (nSPS) is 19.2. The zero-order valence-corrected chi connectivity index (χ0v) is 13.8. The third kappa shape index (κ3) is 4.34. The van der Waals surface area contributed by atoms with Gasteiger partial charge in [0.05, 0.1) is 0 Å². The van der Waals surface area contributed by atoms with E-state index in [0.29, 0.717) is 6.04 Å². The Bertz CT molecular complexity index is 544. The summed E-state index contributed by atoms with van der Waals surface area (Å²) in [5.74, 6) is 1.19. The molecule has 1 aromatic heterocycles. The Labute approximate surface area is 138 Å². The lowest BCUT2D eigenvalue weighted by atomic mass is 9.96. The van der Waals surface area contributed by atoms with Gasteiger partial charge in [-0.25, -0.2) is 0 Å². The Balaban J connectivity index is 1.49. The molecule has 0 unspecified atom stereocenters. The number of aromatic nitrogens is 1. The number of likely N-dealkylation sites (tertiary alicyclic amines) is 1. The SMILES string of the molecule is c1ccc(SCCCN2CCCC[C@@H]2c2cccnc2)cc1. The Kier molecular flexibility index (Phi) is 5.91. The van der Waals surface area contributed by atoms with Gasteiger partial charge in [-0.1, -0.05) is 30.7 Å². The van der Waals surface area contributed by atoms with Crippen molar-refractivity contribution >= 4 is 11.8 Å². The lowest BCUT2D eigenvalue weighted by Crippen LogP contribution is -2.34. The number of nitrogens with zero attached hydrogens (tertiary/aromatic N) is 2. The fourth-order valence-corrected chi connectivity index (χ4v) is 4.04. The maximum atomic E-state index is 4.30. The predicted molar refractivity (Wildman–Crippen MR) is 94.2 cm³/mol. The molecule has 0 saturated carbocycles. The van der Waals surface area contributed by atoms with Crippen LogP contribution in [0.3, 0.4) is 0 Å². The van der Waals surface area contributed by atoms with Gasteiger partial charge < -0.3 is 0 Å². The van der Waals surface area contributed by atoms with E-state index in [0.717, 1.165) is 0 Å². The first kappa shape index (κ1) is 15.6. The van der Waals surface area contributed by atoms with Crippen molar-refractivity contribution in [2.24, 2.45) is 0 Å². The van der Waals surface area contributed by atoms with E-state index in [1.165, 1.54) is 55.0 Å². The molecule has 0 bridgehead atoms. The number of benzene rings is 1. The van der Waals surface area contributed by atoms with Crippen LogP contribution in [0, 0.1) is 0 Å². The summed E-state index contributed by atoms with van der Waals surface area (Å²) in [5, 5.41) is 0. The van der Waals surface area contributed by atoms with E-state index >= 15 is 0 Å². The van der Waals surface area contributed by atoms with Crippen LogP contribution in [-0.2, 0) is 0 Å². The molecule has 0 aliphatic carbocycles. The molecular weight excluding hydrogens is 288 g/mol. The number of rotatable bonds is 6. The van der Waals surface area contributed by atoms with Crippen LogP contribution < -0.4 is 0 Å². The van der Waals surface area contributed by atoms with Crippen molar-refractivity contribution in [2.75, 3.05) is 18.8 Å². The molecule has 2 nitrogen and oxygen atoms in total. The van der Waals surface area contributed by atoms with Gasteiger partial charge in [-0.05, 0) is 61.9 Å². The average molecular weight is 312 g/mol. The van der Waals surface area contributed by atoms with Crippen molar-refractivity contribution in [1.29, 1.82) is 0 Å². The topological polar surface area (TPSA) is 16.1 Å². The molecular formula is C19H24N2S. The van der Waals surface area contributed by atoms with Crippen molar-refractivity contribution in [3.8, 4) is 0 Å². The minimum atomic E-state index is 0.573. The summed E-state index contributed by atoms with van der Waals surface area (Å²) in [4.78, 5) is 8.34. The van der Waals surface area contributed by atoms with Gasteiger partial charge in [0.25, 0.3) is 0 Å². The first-order valence-corrected chi connectivity index (χ1v) is 9.24. The number of hydrogen-bond acceptors (Lipinski definition) is 3. The standard InChI is InChI=1S/C19H24N2S/c1-2-9-18(10-3-1)22-15-7-14-21-13-5-4-11-19(21)17-8-6-12-20-16-17/h1-3,6,8-10,12,16,19H,4-5,7,11,13-15H2/t19-/m1/s1. The minimum Gasteiger partial charge on any atom is -0.296 e. The van der Waals surface area contributed by atoms with Crippen LogP contribution in [0.25, 0.3) is 0 Å². The molecule has 1 aliphatic rings. The van der Waals surface area contributed by atoms with Crippen molar-refractivity contribution in [3.63, 3.8) is 0 Å². The summed E-state index contributed by atoms with van der Waals surface area (Å²) in [6.07, 6.45) is 9.11. The molecule has 1 aliphatic heterocycles. The van der Waals surface area contributed by atoms with Crippen LogP contribution >= 0.6 is 11.8 Å². The van der Waals surface area contributed by atoms with Crippen molar-refractivity contribution in [3.05, 3.63) is 60.4 Å². The molecule has 1 saturated heterocycles. The molecule has 0 N–H and O–H groups in total. The molecule has 2 aromatic rings. The van der Waals surface area contributed by atoms with Crippen molar-refractivity contribution in [2.45, 2.75) is 36.6 Å². The van der Waals surface area contributed by atoms with E-state index in [1.54, 1.807) is 0 Å². The summed E-state index contributed by atoms with van der Waals surface area (Å²) in [5.41, 5.74) is 1.39. The summed E-state index contributed by atoms with van der Waals surface area (Å²) in [6, 6.07) is 15.6. The highest BCUT2D eigenvalue weighted by molar-refractivity contribution is 7.99. The Morgan fingerprint density at radius 1 is 1.09 bits per heavy atom. The summed E-state index contributed by atoms with van der Waals surface area (Å²) >= 11 is 1.97. The maximum absolute atomic E-state index is 4.30. The minimum absolute atomic E-state index is 0.573. The van der Waals surface area contributed by atoms with Crippen LogP contribution in [0.5, 0.6) is 0 Å². The molecule has 2 heterocycles. The monoisotopic (exact) mass is 312 g/mol. The fourth-order valence-electron chi connectivity index (χ4n) is 3.18. The Morgan fingerprint density at radius 3 is 2.82 bits per heavy atom. The van der Waals surface area contributed by atoms with Crippen molar-refractivity contribution in [1.82, 2.24) is 9.88 Å². The first-order valence-electron chi connectivity index (χ1n) is 8.25. The van der Waals surface area contributed by atoms with Gasteiger partial charge in [-0.2, -0.15) is 0 Å². The smallest absolute Gasteiger partial charge is 0.0363 e. The Morgan fingerprint density at radius 2 is 2.00 bits per heavy atom. The van der Waals surface area contributed by atoms with Gasteiger partial charge in [0.2, 0.25) is 0 Å². The average Bonchev–Trinajstić information content (AvgIpc) is 2.61. The van der Waals surface area contributed by atoms with Crippen molar-refractivity contribution < 1.29 is 0 Å². The van der Waals surface area contributed by atoms with Crippen LogP contribution in [0.15, 0.2) is 59.8 Å². The van der Waals surface area contributed by atoms with Gasteiger partial charge >= 0.3 is 0 Å². The highest BCUT2D eigenvalue weighted by Gasteiger charge is 2.23.